The standard InChI is InChI=1S/C28H40N2O/c1-17-4-6-18(7-5-17)20-16-24-28(3,15-13-25(31)30-24)22-12-14-27(2)21(26(20)22)10-11-23(27)29-19-8-9-19/h4-7,19-24,26,29H,8-16H2,1-3H3,(H,30,31)/t20-,21+,22+,23+,24-,26+,27+,28-/m1/s1. The lowest BCUT2D eigenvalue weighted by Crippen LogP contribution is -2.63. The summed E-state index contributed by atoms with van der Waals surface area (Å²) in [6, 6.07) is 11.2. The van der Waals surface area contributed by atoms with Gasteiger partial charge >= 0.3 is 0 Å². The van der Waals surface area contributed by atoms with Crippen molar-refractivity contribution in [3.63, 3.8) is 0 Å². The Hall–Kier alpha value is -1.35. The second-order valence-electron chi connectivity index (χ2n) is 12.3. The van der Waals surface area contributed by atoms with Crippen molar-refractivity contribution >= 4 is 5.91 Å². The number of benzene rings is 1. The summed E-state index contributed by atoms with van der Waals surface area (Å²) in [5.74, 6) is 3.15. The zero-order valence-corrected chi connectivity index (χ0v) is 19.6. The normalized spacial score (nSPS) is 46.6. The first-order chi connectivity index (χ1) is 14.9. The van der Waals surface area contributed by atoms with Crippen LogP contribution in [0.5, 0.6) is 0 Å². The highest BCUT2D eigenvalue weighted by Crippen LogP contribution is 2.67. The molecule has 1 aliphatic heterocycles. The summed E-state index contributed by atoms with van der Waals surface area (Å²) in [6.07, 6.45) is 11.1. The lowest BCUT2D eigenvalue weighted by atomic mass is 9.44. The van der Waals surface area contributed by atoms with Gasteiger partial charge in [0.2, 0.25) is 5.91 Å². The molecule has 8 atom stereocenters. The zero-order chi connectivity index (χ0) is 21.4. The van der Waals surface area contributed by atoms with Crippen LogP contribution in [0.1, 0.15) is 88.7 Å². The molecule has 1 aromatic rings. The minimum atomic E-state index is 0.267. The van der Waals surface area contributed by atoms with Crippen LogP contribution in [0.4, 0.5) is 0 Å². The van der Waals surface area contributed by atoms with Gasteiger partial charge in [-0.05, 0) is 98.4 Å². The van der Waals surface area contributed by atoms with Crippen LogP contribution < -0.4 is 10.6 Å². The third-order valence-corrected chi connectivity index (χ3v) is 10.7. The molecule has 0 aromatic heterocycles. The van der Waals surface area contributed by atoms with Gasteiger partial charge in [-0.25, -0.2) is 0 Å². The van der Waals surface area contributed by atoms with Crippen LogP contribution in [0, 0.1) is 35.5 Å². The van der Waals surface area contributed by atoms with Crippen molar-refractivity contribution in [3.8, 4) is 0 Å². The number of nitrogens with one attached hydrogen (secondary N) is 2. The average Bonchev–Trinajstić information content (AvgIpc) is 3.51. The van der Waals surface area contributed by atoms with Gasteiger partial charge in [0.1, 0.15) is 0 Å². The lowest BCUT2D eigenvalue weighted by Gasteiger charge is -2.62. The lowest BCUT2D eigenvalue weighted by molar-refractivity contribution is -0.138. The van der Waals surface area contributed by atoms with Crippen LogP contribution >= 0.6 is 0 Å². The number of fused-ring (bicyclic) bond motifs is 5. The average molecular weight is 421 g/mol. The number of piperidine rings is 1. The number of hydrogen-bond donors (Lipinski definition) is 2. The molecule has 5 fully saturated rings. The van der Waals surface area contributed by atoms with Gasteiger partial charge in [0.15, 0.2) is 0 Å². The summed E-state index contributed by atoms with van der Waals surface area (Å²) in [4.78, 5) is 12.4. The molecular weight excluding hydrogens is 380 g/mol. The maximum atomic E-state index is 12.4. The molecule has 0 spiro atoms. The maximum Gasteiger partial charge on any atom is 0.220 e. The Morgan fingerprint density at radius 1 is 0.935 bits per heavy atom. The molecule has 3 heteroatoms. The van der Waals surface area contributed by atoms with E-state index in [9.17, 15) is 4.79 Å². The maximum absolute atomic E-state index is 12.4. The third-order valence-electron chi connectivity index (χ3n) is 10.7. The quantitative estimate of drug-likeness (QED) is 0.694. The molecule has 1 saturated heterocycles. The van der Waals surface area contributed by atoms with E-state index in [-0.39, 0.29) is 11.3 Å². The van der Waals surface area contributed by atoms with Crippen molar-refractivity contribution in [2.75, 3.05) is 0 Å². The number of rotatable bonds is 3. The Labute approximate surface area is 188 Å². The monoisotopic (exact) mass is 420 g/mol. The summed E-state index contributed by atoms with van der Waals surface area (Å²) < 4.78 is 0. The van der Waals surface area contributed by atoms with E-state index < -0.39 is 0 Å². The molecule has 4 aliphatic carbocycles. The van der Waals surface area contributed by atoms with Gasteiger partial charge in [-0.15, -0.1) is 0 Å². The molecule has 0 radical (unpaired) electrons. The first kappa shape index (κ1) is 20.3. The Balaban J connectivity index is 1.39. The first-order valence-corrected chi connectivity index (χ1v) is 13.0. The molecular formula is C28H40N2O. The van der Waals surface area contributed by atoms with Crippen LogP contribution in [-0.4, -0.2) is 24.0 Å². The molecule has 4 saturated carbocycles. The van der Waals surface area contributed by atoms with E-state index >= 15 is 0 Å². The van der Waals surface area contributed by atoms with Crippen molar-refractivity contribution in [2.45, 2.75) is 103 Å². The fraction of sp³-hybridized carbons (Fsp3) is 0.750. The SMILES string of the molecule is Cc1ccc([C@H]2C[C@H]3NC(=O)CC[C@]3(C)[C@H]3CC[C@]4(C)[C@@H](NC5CC5)CC[C@H]4[C@H]23)cc1. The fourth-order valence-electron chi connectivity index (χ4n) is 8.68. The Morgan fingerprint density at radius 2 is 1.68 bits per heavy atom. The predicted octanol–water partition coefficient (Wildman–Crippen LogP) is 5.33. The predicted molar refractivity (Wildman–Crippen MR) is 125 cm³/mol. The summed E-state index contributed by atoms with van der Waals surface area (Å²) in [7, 11) is 0. The summed E-state index contributed by atoms with van der Waals surface area (Å²) in [5, 5.41) is 7.53. The summed E-state index contributed by atoms with van der Waals surface area (Å²) in [6.45, 7) is 7.34. The van der Waals surface area contributed by atoms with E-state index in [4.69, 9.17) is 0 Å². The summed E-state index contributed by atoms with van der Waals surface area (Å²) in [5.41, 5.74) is 3.57. The van der Waals surface area contributed by atoms with Gasteiger partial charge < -0.3 is 10.6 Å². The molecule has 0 bridgehead atoms. The van der Waals surface area contributed by atoms with E-state index in [1.54, 1.807) is 0 Å². The largest absolute Gasteiger partial charge is 0.353 e. The van der Waals surface area contributed by atoms with Crippen molar-refractivity contribution < 1.29 is 4.79 Å². The van der Waals surface area contributed by atoms with Crippen LogP contribution in [0.2, 0.25) is 0 Å². The summed E-state index contributed by atoms with van der Waals surface area (Å²) >= 11 is 0. The highest BCUT2D eigenvalue weighted by molar-refractivity contribution is 5.77. The number of aryl methyl sites for hydroxylation is 1. The topological polar surface area (TPSA) is 41.1 Å². The highest BCUT2D eigenvalue weighted by atomic mass is 16.1. The van der Waals surface area contributed by atoms with Gasteiger partial charge in [-0.3, -0.25) is 4.79 Å². The minimum absolute atomic E-state index is 0.267. The van der Waals surface area contributed by atoms with Crippen molar-refractivity contribution in [2.24, 2.45) is 28.6 Å². The third kappa shape index (κ3) is 3.13. The van der Waals surface area contributed by atoms with E-state index in [2.05, 4.69) is 55.7 Å². The molecule has 1 aromatic carbocycles. The van der Waals surface area contributed by atoms with E-state index in [0.717, 1.165) is 43.1 Å². The minimum Gasteiger partial charge on any atom is -0.353 e. The van der Waals surface area contributed by atoms with Crippen LogP contribution in [0.25, 0.3) is 0 Å². The molecule has 6 rings (SSSR count). The molecule has 3 nitrogen and oxygen atoms in total. The van der Waals surface area contributed by atoms with Crippen molar-refractivity contribution in [3.05, 3.63) is 35.4 Å². The first-order valence-electron chi connectivity index (χ1n) is 13.0. The molecule has 1 heterocycles. The number of amides is 1. The molecule has 5 aliphatic rings. The second-order valence-corrected chi connectivity index (χ2v) is 12.3. The van der Waals surface area contributed by atoms with E-state index in [1.807, 2.05) is 0 Å². The zero-order valence-electron chi connectivity index (χ0n) is 19.6. The molecule has 168 valence electrons. The number of carbonyl (C=O) groups excluding carboxylic acids is 1. The highest BCUT2D eigenvalue weighted by Gasteiger charge is 2.63. The van der Waals surface area contributed by atoms with E-state index in [1.165, 1.54) is 49.7 Å². The van der Waals surface area contributed by atoms with Crippen molar-refractivity contribution in [1.29, 1.82) is 0 Å². The fourth-order valence-corrected chi connectivity index (χ4v) is 8.68. The second kappa shape index (κ2) is 7.07. The van der Waals surface area contributed by atoms with Crippen molar-refractivity contribution in [1.82, 2.24) is 10.6 Å². The van der Waals surface area contributed by atoms with Gasteiger partial charge in [0.25, 0.3) is 0 Å². The van der Waals surface area contributed by atoms with Gasteiger partial charge in [-0.2, -0.15) is 0 Å². The van der Waals surface area contributed by atoms with Gasteiger partial charge in [0.05, 0.1) is 0 Å². The molecule has 31 heavy (non-hydrogen) atoms. The molecule has 1 amide bonds. The van der Waals surface area contributed by atoms with E-state index in [0.29, 0.717) is 23.4 Å². The number of hydrogen-bond acceptors (Lipinski definition) is 2. The molecule has 0 unspecified atom stereocenters. The Morgan fingerprint density at radius 3 is 2.42 bits per heavy atom. The van der Waals surface area contributed by atoms with Gasteiger partial charge in [-0.1, -0.05) is 43.7 Å². The smallest absolute Gasteiger partial charge is 0.220 e. The van der Waals surface area contributed by atoms with Gasteiger partial charge in [0, 0.05) is 24.5 Å². The number of carbonyl (C=O) groups is 1. The van der Waals surface area contributed by atoms with Crippen LogP contribution in [-0.2, 0) is 4.79 Å². The Bertz CT molecular complexity index is 860. The molecule has 2 N–H and O–H groups in total. The Kier molecular flexibility index (Phi) is 4.62. The van der Waals surface area contributed by atoms with Crippen LogP contribution in [0.3, 0.4) is 0 Å². The van der Waals surface area contributed by atoms with Crippen LogP contribution in [0.15, 0.2) is 24.3 Å².